The monoisotopic (exact) mass is 293 g/mol. The van der Waals surface area contributed by atoms with E-state index in [2.05, 4.69) is 10.3 Å². The first-order chi connectivity index (χ1) is 9.26. The van der Waals surface area contributed by atoms with Crippen LogP contribution in [0.3, 0.4) is 0 Å². The SMILES string of the molecule is Cl.NCC(=O)Nc1ccc(-c2cnc(C3CC3)o2)cc1. The molecule has 0 bridgehead atoms. The number of nitrogens with one attached hydrogen (secondary N) is 1. The Balaban J connectivity index is 0.00000147. The van der Waals surface area contributed by atoms with Crippen LogP contribution in [-0.4, -0.2) is 17.4 Å². The summed E-state index contributed by atoms with van der Waals surface area (Å²) in [6.07, 6.45) is 4.09. The largest absolute Gasteiger partial charge is 0.440 e. The first-order valence-corrected chi connectivity index (χ1v) is 6.32. The lowest BCUT2D eigenvalue weighted by molar-refractivity contribution is -0.114. The highest BCUT2D eigenvalue weighted by Crippen LogP contribution is 2.40. The van der Waals surface area contributed by atoms with Crippen LogP contribution >= 0.6 is 12.4 Å². The standard InChI is InChI=1S/C14H15N3O2.ClH/c15-7-13(18)17-11-5-3-9(4-6-11)12-8-16-14(19-12)10-1-2-10;/h3-6,8,10H,1-2,7,15H2,(H,17,18);1H. The molecule has 1 aliphatic carbocycles. The quantitative estimate of drug-likeness (QED) is 0.907. The third-order valence-electron chi connectivity index (χ3n) is 3.09. The Bertz CT molecular complexity index is 591. The van der Waals surface area contributed by atoms with Gasteiger partial charge in [-0.15, -0.1) is 12.4 Å². The third-order valence-corrected chi connectivity index (χ3v) is 3.09. The number of halogens is 1. The average molecular weight is 294 g/mol. The van der Waals surface area contributed by atoms with E-state index in [1.165, 1.54) is 12.8 Å². The zero-order valence-electron chi connectivity index (χ0n) is 10.8. The maximum absolute atomic E-state index is 11.2. The highest BCUT2D eigenvalue weighted by molar-refractivity contribution is 5.92. The minimum absolute atomic E-state index is 0. The molecule has 0 saturated heterocycles. The van der Waals surface area contributed by atoms with Crippen molar-refractivity contribution in [2.45, 2.75) is 18.8 Å². The van der Waals surface area contributed by atoms with Crippen LogP contribution in [-0.2, 0) is 4.79 Å². The molecule has 1 amide bonds. The summed E-state index contributed by atoms with van der Waals surface area (Å²) in [6.45, 7) is -0.0192. The maximum atomic E-state index is 11.2. The second-order valence-electron chi connectivity index (χ2n) is 4.67. The van der Waals surface area contributed by atoms with E-state index in [-0.39, 0.29) is 24.9 Å². The number of hydrogen-bond donors (Lipinski definition) is 2. The lowest BCUT2D eigenvalue weighted by atomic mass is 10.2. The van der Waals surface area contributed by atoms with Gasteiger partial charge < -0.3 is 15.5 Å². The van der Waals surface area contributed by atoms with Gasteiger partial charge in [-0.3, -0.25) is 4.79 Å². The Labute approximate surface area is 123 Å². The van der Waals surface area contributed by atoms with Crippen molar-refractivity contribution in [1.82, 2.24) is 4.98 Å². The van der Waals surface area contributed by atoms with E-state index < -0.39 is 0 Å². The molecule has 0 unspecified atom stereocenters. The van der Waals surface area contributed by atoms with Gasteiger partial charge in [0.2, 0.25) is 5.91 Å². The van der Waals surface area contributed by atoms with Crippen LogP contribution < -0.4 is 11.1 Å². The number of benzene rings is 1. The van der Waals surface area contributed by atoms with Gasteiger partial charge in [0, 0.05) is 17.2 Å². The second kappa shape index (κ2) is 6.07. The lowest BCUT2D eigenvalue weighted by Crippen LogP contribution is -2.21. The Morgan fingerprint density at radius 2 is 2.05 bits per heavy atom. The van der Waals surface area contributed by atoms with Crippen LogP contribution in [0.4, 0.5) is 5.69 Å². The van der Waals surface area contributed by atoms with Crippen molar-refractivity contribution in [3.8, 4) is 11.3 Å². The van der Waals surface area contributed by atoms with Crippen molar-refractivity contribution < 1.29 is 9.21 Å². The molecule has 1 heterocycles. The van der Waals surface area contributed by atoms with Crippen molar-refractivity contribution in [2.75, 3.05) is 11.9 Å². The summed E-state index contributed by atoms with van der Waals surface area (Å²) in [5, 5.41) is 2.69. The molecule has 5 nitrogen and oxygen atoms in total. The van der Waals surface area contributed by atoms with Crippen LogP contribution in [0.5, 0.6) is 0 Å². The topological polar surface area (TPSA) is 81.2 Å². The number of carbonyl (C=O) groups is 1. The zero-order chi connectivity index (χ0) is 13.2. The number of aromatic nitrogens is 1. The van der Waals surface area contributed by atoms with Crippen molar-refractivity contribution in [3.63, 3.8) is 0 Å². The second-order valence-corrected chi connectivity index (χ2v) is 4.67. The van der Waals surface area contributed by atoms with Gasteiger partial charge in [0.15, 0.2) is 11.7 Å². The molecule has 1 fully saturated rings. The molecule has 3 rings (SSSR count). The Morgan fingerprint density at radius 3 is 2.65 bits per heavy atom. The minimum Gasteiger partial charge on any atom is -0.440 e. The fourth-order valence-corrected chi connectivity index (χ4v) is 1.87. The molecule has 1 aliphatic rings. The predicted molar refractivity (Wildman–Crippen MR) is 78.8 cm³/mol. The first kappa shape index (κ1) is 14.6. The van der Waals surface area contributed by atoms with Crippen LogP contribution in [0.1, 0.15) is 24.7 Å². The van der Waals surface area contributed by atoms with E-state index in [9.17, 15) is 4.79 Å². The molecule has 6 heteroatoms. The molecule has 0 atom stereocenters. The average Bonchev–Trinajstić information content (AvgIpc) is 3.17. The van der Waals surface area contributed by atoms with E-state index in [1.807, 2.05) is 24.3 Å². The molecule has 0 radical (unpaired) electrons. The van der Waals surface area contributed by atoms with Gasteiger partial charge >= 0.3 is 0 Å². The number of oxazole rings is 1. The fourth-order valence-electron chi connectivity index (χ4n) is 1.87. The molecular weight excluding hydrogens is 278 g/mol. The maximum Gasteiger partial charge on any atom is 0.238 e. The van der Waals surface area contributed by atoms with Crippen LogP contribution in [0.2, 0.25) is 0 Å². The summed E-state index contributed by atoms with van der Waals surface area (Å²) < 4.78 is 5.72. The van der Waals surface area contributed by atoms with Gasteiger partial charge in [-0.05, 0) is 37.1 Å². The van der Waals surface area contributed by atoms with Crippen molar-refractivity contribution in [1.29, 1.82) is 0 Å². The highest BCUT2D eigenvalue weighted by atomic mass is 35.5. The summed E-state index contributed by atoms with van der Waals surface area (Å²) in [4.78, 5) is 15.4. The van der Waals surface area contributed by atoms with E-state index in [0.29, 0.717) is 5.92 Å². The lowest BCUT2D eigenvalue weighted by Gasteiger charge is -2.03. The normalized spacial score (nSPS) is 13.7. The number of nitrogens with two attached hydrogens (primary N) is 1. The Kier molecular flexibility index (Phi) is 4.42. The van der Waals surface area contributed by atoms with Crippen LogP contribution in [0, 0.1) is 0 Å². The van der Waals surface area contributed by atoms with Gasteiger partial charge in [-0.25, -0.2) is 4.98 Å². The summed E-state index contributed by atoms with van der Waals surface area (Å²) >= 11 is 0. The first-order valence-electron chi connectivity index (χ1n) is 6.32. The molecule has 0 aliphatic heterocycles. The van der Waals surface area contributed by atoms with Crippen molar-refractivity contribution in [2.24, 2.45) is 5.73 Å². The molecule has 20 heavy (non-hydrogen) atoms. The van der Waals surface area contributed by atoms with Crippen molar-refractivity contribution >= 4 is 24.0 Å². The molecule has 1 saturated carbocycles. The van der Waals surface area contributed by atoms with E-state index in [4.69, 9.17) is 10.2 Å². The van der Waals surface area contributed by atoms with E-state index in [1.54, 1.807) is 6.20 Å². The molecule has 2 aromatic rings. The number of hydrogen-bond acceptors (Lipinski definition) is 4. The minimum atomic E-state index is -0.205. The van der Waals surface area contributed by atoms with E-state index in [0.717, 1.165) is 22.9 Å². The molecule has 106 valence electrons. The fraction of sp³-hybridized carbons (Fsp3) is 0.286. The van der Waals surface area contributed by atoms with Gasteiger partial charge in [0.05, 0.1) is 12.7 Å². The number of rotatable bonds is 4. The molecule has 1 aromatic heterocycles. The summed E-state index contributed by atoms with van der Waals surface area (Å²) in [5.41, 5.74) is 6.91. The highest BCUT2D eigenvalue weighted by Gasteiger charge is 2.28. The predicted octanol–water partition coefficient (Wildman–Crippen LogP) is 2.54. The summed E-state index contributed by atoms with van der Waals surface area (Å²) in [6, 6.07) is 7.43. The van der Waals surface area contributed by atoms with Crippen molar-refractivity contribution in [3.05, 3.63) is 36.4 Å². The molecule has 1 aromatic carbocycles. The molecular formula is C14H16ClN3O2. The summed E-state index contributed by atoms with van der Waals surface area (Å²) in [7, 11) is 0. The van der Waals surface area contributed by atoms with Gasteiger partial charge in [0.25, 0.3) is 0 Å². The Morgan fingerprint density at radius 1 is 1.35 bits per heavy atom. The summed E-state index contributed by atoms with van der Waals surface area (Å²) in [5.74, 6) is 1.90. The zero-order valence-corrected chi connectivity index (χ0v) is 11.7. The van der Waals surface area contributed by atoms with Gasteiger partial charge in [0.1, 0.15) is 0 Å². The molecule has 0 spiro atoms. The van der Waals surface area contributed by atoms with Gasteiger partial charge in [-0.1, -0.05) is 0 Å². The number of nitrogens with zero attached hydrogens (tertiary/aromatic N) is 1. The number of carbonyl (C=O) groups excluding carboxylic acids is 1. The van der Waals surface area contributed by atoms with E-state index >= 15 is 0 Å². The van der Waals surface area contributed by atoms with Gasteiger partial charge in [-0.2, -0.15) is 0 Å². The smallest absolute Gasteiger partial charge is 0.238 e. The number of amides is 1. The van der Waals surface area contributed by atoms with Crippen LogP contribution in [0.15, 0.2) is 34.9 Å². The Hall–Kier alpha value is -1.85. The molecule has 3 N–H and O–H groups in total. The number of anilines is 1. The third kappa shape index (κ3) is 3.18. The van der Waals surface area contributed by atoms with Crippen LogP contribution in [0.25, 0.3) is 11.3 Å².